The SMILES string of the molecule is O=C(O)c1ccc(NC2CCNC2)cc1. The molecule has 4 nitrogen and oxygen atoms in total. The summed E-state index contributed by atoms with van der Waals surface area (Å²) in [5, 5.41) is 15.3. The van der Waals surface area contributed by atoms with Gasteiger partial charge in [-0.3, -0.25) is 0 Å². The van der Waals surface area contributed by atoms with Crippen LogP contribution in [0.15, 0.2) is 24.3 Å². The lowest BCUT2D eigenvalue weighted by Gasteiger charge is -2.12. The minimum atomic E-state index is -0.885. The van der Waals surface area contributed by atoms with E-state index in [0.717, 1.165) is 25.2 Å². The second-order valence-electron chi connectivity index (χ2n) is 3.72. The van der Waals surface area contributed by atoms with Gasteiger partial charge in [-0.15, -0.1) is 0 Å². The van der Waals surface area contributed by atoms with Crippen molar-refractivity contribution in [2.45, 2.75) is 12.5 Å². The fraction of sp³-hybridized carbons (Fsp3) is 0.364. The fourth-order valence-electron chi connectivity index (χ4n) is 1.72. The van der Waals surface area contributed by atoms with E-state index in [-0.39, 0.29) is 0 Å². The normalized spacial score (nSPS) is 20.1. The summed E-state index contributed by atoms with van der Waals surface area (Å²) in [7, 11) is 0. The van der Waals surface area contributed by atoms with Crippen LogP contribution in [0.5, 0.6) is 0 Å². The van der Waals surface area contributed by atoms with Gasteiger partial charge in [-0.1, -0.05) is 0 Å². The first-order chi connectivity index (χ1) is 7.25. The van der Waals surface area contributed by atoms with Crippen molar-refractivity contribution in [1.82, 2.24) is 5.32 Å². The highest BCUT2D eigenvalue weighted by Crippen LogP contribution is 2.13. The summed E-state index contributed by atoms with van der Waals surface area (Å²) >= 11 is 0. The molecule has 1 heterocycles. The number of rotatable bonds is 3. The van der Waals surface area contributed by atoms with E-state index in [0.29, 0.717) is 11.6 Å². The van der Waals surface area contributed by atoms with Gasteiger partial charge in [0.05, 0.1) is 5.56 Å². The number of nitrogens with one attached hydrogen (secondary N) is 2. The van der Waals surface area contributed by atoms with E-state index in [2.05, 4.69) is 10.6 Å². The Morgan fingerprint density at radius 1 is 1.40 bits per heavy atom. The van der Waals surface area contributed by atoms with Gasteiger partial charge in [-0.2, -0.15) is 0 Å². The van der Waals surface area contributed by atoms with Crippen molar-refractivity contribution in [2.24, 2.45) is 0 Å². The fourth-order valence-corrected chi connectivity index (χ4v) is 1.72. The standard InChI is InChI=1S/C11H14N2O2/c14-11(15)8-1-3-9(4-2-8)13-10-5-6-12-7-10/h1-4,10,12-13H,5-7H2,(H,14,15). The quantitative estimate of drug-likeness (QED) is 0.694. The Morgan fingerprint density at radius 2 is 2.13 bits per heavy atom. The van der Waals surface area contributed by atoms with Crippen LogP contribution in [0.1, 0.15) is 16.8 Å². The maximum Gasteiger partial charge on any atom is 0.335 e. The van der Waals surface area contributed by atoms with Crippen LogP contribution in [0.25, 0.3) is 0 Å². The van der Waals surface area contributed by atoms with Crippen molar-refractivity contribution in [3.63, 3.8) is 0 Å². The molecule has 1 atom stereocenters. The number of anilines is 1. The third-order valence-corrected chi connectivity index (χ3v) is 2.56. The summed E-state index contributed by atoms with van der Waals surface area (Å²) in [4.78, 5) is 10.6. The van der Waals surface area contributed by atoms with Crippen molar-refractivity contribution in [3.8, 4) is 0 Å². The Kier molecular flexibility index (Phi) is 2.87. The molecule has 0 bridgehead atoms. The van der Waals surface area contributed by atoms with Crippen LogP contribution in [0.2, 0.25) is 0 Å². The molecule has 1 aromatic rings. The molecular formula is C11H14N2O2. The van der Waals surface area contributed by atoms with Gasteiger partial charge < -0.3 is 15.7 Å². The van der Waals surface area contributed by atoms with Crippen LogP contribution in [0.3, 0.4) is 0 Å². The minimum absolute atomic E-state index is 0.324. The Balaban J connectivity index is 2.00. The minimum Gasteiger partial charge on any atom is -0.478 e. The van der Waals surface area contributed by atoms with Gasteiger partial charge >= 0.3 is 5.97 Å². The zero-order valence-electron chi connectivity index (χ0n) is 8.36. The number of aromatic carboxylic acids is 1. The maximum atomic E-state index is 10.6. The van der Waals surface area contributed by atoms with Gasteiger partial charge in [-0.05, 0) is 37.2 Å². The van der Waals surface area contributed by atoms with Crippen molar-refractivity contribution in [1.29, 1.82) is 0 Å². The molecule has 1 aromatic carbocycles. The molecule has 1 fully saturated rings. The molecule has 0 aromatic heterocycles. The van der Waals surface area contributed by atoms with E-state index >= 15 is 0 Å². The van der Waals surface area contributed by atoms with Crippen LogP contribution in [-0.4, -0.2) is 30.2 Å². The van der Waals surface area contributed by atoms with E-state index in [9.17, 15) is 4.79 Å². The molecule has 2 rings (SSSR count). The molecule has 4 heteroatoms. The predicted octanol–water partition coefficient (Wildman–Crippen LogP) is 1.16. The second-order valence-corrected chi connectivity index (χ2v) is 3.72. The average Bonchev–Trinajstić information content (AvgIpc) is 2.71. The summed E-state index contributed by atoms with van der Waals surface area (Å²) in [6.45, 7) is 2.02. The highest BCUT2D eigenvalue weighted by atomic mass is 16.4. The molecule has 80 valence electrons. The van der Waals surface area contributed by atoms with Crippen LogP contribution in [0, 0.1) is 0 Å². The van der Waals surface area contributed by atoms with Crippen molar-refractivity contribution >= 4 is 11.7 Å². The molecule has 1 aliphatic heterocycles. The summed E-state index contributed by atoms with van der Waals surface area (Å²) in [5.74, 6) is -0.885. The summed E-state index contributed by atoms with van der Waals surface area (Å²) in [6, 6.07) is 7.31. The molecule has 1 aliphatic rings. The van der Waals surface area contributed by atoms with Gasteiger partial charge in [0, 0.05) is 18.3 Å². The Bertz CT molecular complexity index is 342. The van der Waals surface area contributed by atoms with E-state index in [1.165, 1.54) is 0 Å². The third kappa shape index (κ3) is 2.47. The number of hydrogen-bond acceptors (Lipinski definition) is 3. The summed E-state index contributed by atoms with van der Waals surface area (Å²) < 4.78 is 0. The molecule has 0 saturated carbocycles. The number of carbonyl (C=O) groups is 1. The topological polar surface area (TPSA) is 61.4 Å². The smallest absolute Gasteiger partial charge is 0.335 e. The summed E-state index contributed by atoms with van der Waals surface area (Å²) in [6.07, 6.45) is 1.11. The van der Waals surface area contributed by atoms with Crippen LogP contribution >= 0.6 is 0 Å². The molecule has 15 heavy (non-hydrogen) atoms. The van der Waals surface area contributed by atoms with E-state index in [4.69, 9.17) is 5.11 Å². The number of carboxylic acids is 1. The second kappa shape index (κ2) is 4.31. The average molecular weight is 206 g/mol. The molecule has 1 unspecified atom stereocenters. The molecular weight excluding hydrogens is 192 g/mol. The first-order valence-corrected chi connectivity index (χ1v) is 5.06. The molecule has 0 radical (unpaired) electrons. The molecule has 0 aliphatic carbocycles. The number of benzene rings is 1. The Morgan fingerprint density at radius 3 is 2.67 bits per heavy atom. The van der Waals surface area contributed by atoms with Gasteiger partial charge in [0.25, 0.3) is 0 Å². The van der Waals surface area contributed by atoms with E-state index < -0.39 is 5.97 Å². The lowest BCUT2D eigenvalue weighted by Crippen LogP contribution is -2.21. The Hall–Kier alpha value is -1.55. The zero-order chi connectivity index (χ0) is 10.7. The number of hydrogen-bond donors (Lipinski definition) is 3. The van der Waals surface area contributed by atoms with Crippen LogP contribution < -0.4 is 10.6 Å². The zero-order valence-corrected chi connectivity index (χ0v) is 8.36. The van der Waals surface area contributed by atoms with Gasteiger partial charge in [0.15, 0.2) is 0 Å². The van der Waals surface area contributed by atoms with Gasteiger partial charge in [-0.25, -0.2) is 4.79 Å². The van der Waals surface area contributed by atoms with Crippen molar-refractivity contribution in [2.75, 3.05) is 18.4 Å². The summed E-state index contributed by atoms with van der Waals surface area (Å²) in [5.41, 5.74) is 1.30. The van der Waals surface area contributed by atoms with Crippen molar-refractivity contribution in [3.05, 3.63) is 29.8 Å². The van der Waals surface area contributed by atoms with Crippen LogP contribution in [0.4, 0.5) is 5.69 Å². The monoisotopic (exact) mass is 206 g/mol. The molecule has 0 amide bonds. The lowest BCUT2D eigenvalue weighted by molar-refractivity contribution is 0.0697. The van der Waals surface area contributed by atoms with E-state index in [1.54, 1.807) is 12.1 Å². The van der Waals surface area contributed by atoms with Gasteiger partial charge in [0.2, 0.25) is 0 Å². The predicted molar refractivity (Wildman–Crippen MR) is 58.3 cm³/mol. The lowest BCUT2D eigenvalue weighted by atomic mass is 10.2. The highest BCUT2D eigenvalue weighted by molar-refractivity contribution is 5.87. The molecule has 0 spiro atoms. The van der Waals surface area contributed by atoms with E-state index in [1.807, 2.05) is 12.1 Å². The molecule has 1 saturated heterocycles. The van der Waals surface area contributed by atoms with Crippen molar-refractivity contribution < 1.29 is 9.90 Å². The van der Waals surface area contributed by atoms with Gasteiger partial charge in [0.1, 0.15) is 0 Å². The highest BCUT2D eigenvalue weighted by Gasteiger charge is 2.13. The maximum absolute atomic E-state index is 10.6. The number of carboxylic acid groups (broad SMARTS) is 1. The molecule has 3 N–H and O–H groups in total. The van der Waals surface area contributed by atoms with Crippen LogP contribution in [-0.2, 0) is 0 Å². The first kappa shape index (κ1) is 9.98. The third-order valence-electron chi connectivity index (χ3n) is 2.56. The first-order valence-electron chi connectivity index (χ1n) is 5.06. The Labute approximate surface area is 88.3 Å². The largest absolute Gasteiger partial charge is 0.478 e.